The van der Waals surface area contributed by atoms with Crippen molar-refractivity contribution >= 4 is 35.1 Å². The highest BCUT2D eigenvalue weighted by atomic mass is 35.5. The summed E-state index contributed by atoms with van der Waals surface area (Å²) in [6.45, 7) is 0.564. The van der Waals surface area contributed by atoms with E-state index >= 15 is 0 Å². The first-order valence-electron chi connectivity index (χ1n) is 10.0. The maximum atomic E-state index is 14.2. The first kappa shape index (κ1) is 20.5. The molecule has 1 saturated heterocycles. The number of nitrogens with one attached hydrogen (secondary N) is 1. The monoisotopic (exact) mass is 433 g/mol. The zero-order valence-electron chi connectivity index (χ0n) is 16.5. The summed E-state index contributed by atoms with van der Waals surface area (Å²) >= 11 is 7.82. The lowest BCUT2D eigenvalue weighted by atomic mass is 10.0. The Hall–Kier alpha value is -1.79. The van der Waals surface area contributed by atoms with E-state index in [4.69, 9.17) is 11.6 Å². The van der Waals surface area contributed by atoms with Crippen LogP contribution in [0, 0.1) is 11.7 Å². The van der Waals surface area contributed by atoms with Crippen LogP contribution in [-0.4, -0.2) is 40.4 Å². The number of benzene rings is 1. The minimum absolute atomic E-state index is 0.102. The molecule has 1 N–H and O–H groups in total. The van der Waals surface area contributed by atoms with Crippen molar-refractivity contribution < 1.29 is 9.18 Å². The Bertz CT molecular complexity index is 886. The molecule has 1 aliphatic carbocycles. The number of aromatic nitrogens is 1. The molecule has 4 nitrogen and oxygen atoms in total. The number of hydrogen-bond acceptors (Lipinski definition) is 4. The molecule has 0 radical (unpaired) electrons. The van der Waals surface area contributed by atoms with Gasteiger partial charge in [0.25, 0.3) is 0 Å². The lowest BCUT2D eigenvalue weighted by Crippen LogP contribution is -2.34. The standard InChI is InChI=1S/C22H25ClFN3OS/c1-27(22(28)15-6-8-29-9-7-15)13-14-2-5-20(25-12-14)26-17-10-16-3-4-19(23)21(24)18(16)11-17/h2-5,12,15,17H,6-11,13H2,1H3,(H,25,26). The molecule has 2 heterocycles. The highest BCUT2D eigenvalue weighted by Crippen LogP contribution is 2.30. The van der Waals surface area contributed by atoms with Gasteiger partial charge in [0.2, 0.25) is 5.91 Å². The largest absolute Gasteiger partial charge is 0.367 e. The molecule has 1 fully saturated rings. The molecule has 4 rings (SSSR count). The fourth-order valence-electron chi connectivity index (χ4n) is 4.15. The van der Waals surface area contributed by atoms with Gasteiger partial charge in [0.05, 0.1) is 5.02 Å². The van der Waals surface area contributed by atoms with Crippen molar-refractivity contribution in [1.29, 1.82) is 0 Å². The van der Waals surface area contributed by atoms with Gasteiger partial charge in [-0.25, -0.2) is 9.37 Å². The molecule has 0 bridgehead atoms. The number of amides is 1. The molecule has 7 heteroatoms. The Labute approximate surface area is 180 Å². The SMILES string of the molecule is CN(Cc1ccc(NC2Cc3ccc(Cl)c(F)c3C2)nc1)C(=O)C1CCSCC1. The van der Waals surface area contributed by atoms with Crippen LogP contribution in [0.5, 0.6) is 0 Å². The van der Waals surface area contributed by atoms with E-state index in [1.54, 1.807) is 6.07 Å². The molecule has 29 heavy (non-hydrogen) atoms. The average Bonchev–Trinajstić information content (AvgIpc) is 3.15. The number of nitrogens with zero attached hydrogens (tertiary/aromatic N) is 2. The van der Waals surface area contributed by atoms with Gasteiger partial charge in [-0.1, -0.05) is 23.7 Å². The number of fused-ring (bicyclic) bond motifs is 1. The van der Waals surface area contributed by atoms with Crippen LogP contribution in [0.4, 0.5) is 10.2 Å². The van der Waals surface area contributed by atoms with Gasteiger partial charge in [0.1, 0.15) is 11.6 Å². The van der Waals surface area contributed by atoms with Crippen molar-refractivity contribution in [1.82, 2.24) is 9.88 Å². The van der Waals surface area contributed by atoms with Gasteiger partial charge >= 0.3 is 0 Å². The molecular formula is C22H25ClFN3OS. The number of pyridine rings is 1. The van der Waals surface area contributed by atoms with Gasteiger partial charge in [0, 0.05) is 31.7 Å². The molecule has 0 saturated carbocycles. The van der Waals surface area contributed by atoms with E-state index in [0.717, 1.165) is 47.7 Å². The Balaban J connectivity index is 1.33. The summed E-state index contributed by atoms with van der Waals surface area (Å²) < 4.78 is 14.2. The summed E-state index contributed by atoms with van der Waals surface area (Å²) in [7, 11) is 1.87. The molecule has 0 spiro atoms. The van der Waals surface area contributed by atoms with Crippen LogP contribution in [0.1, 0.15) is 29.5 Å². The second-order valence-corrected chi connectivity index (χ2v) is 9.51. The predicted octanol–water partition coefficient (Wildman–Crippen LogP) is 4.56. The third kappa shape index (κ3) is 4.69. The molecule has 1 atom stereocenters. The highest BCUT2D eigenvalue weighted by Gasteiger charge is 2.26. The minimum Gasteiger partial charge on any atom is -0.367 e. The van der Waals surface area contributed by atoms with Gasteiger partial charge in [-0.05, 0) is 66.0 Å². The average molecular weight is 434 g/mol. The Morgan fingerprint density at radius 3 is 2.79 bits per heavy atom. The van der Waals surface area contributed by atoms with Crippen molar-refractivity contribution in [2.75, 3.05) is 23.9 Å². The van der Waals surface area contributed by atoms with Crippen LogP contribution in [0.15, 0.2) is 30.5 Å². The molecule has 1 unspecified atom stereocenters. The van der Waals surface area contributed by atoms with E-state index in [9.17, 15) is 9.18 Å². The number of thioether (sulfide) groups is 1. The normalized spacial score (nSPS) is 19.1. The molecule has 1 aromatic carbocycles. The third-order valence-corrected chi connectivity index (χ3v) is 7.09. The number of carbonyl (C=O) groups is 1. The fraction of sp³-hybridized carbons (Fsp3) is 0.455. The molecular weight excluding hydrogens is 409 g/mol. The second-order valence-electron chi connectivity index (χ2n) is 7.88. The van der Waals surface area contributed by atoms with E-state index in [1.165, 1.54) is 0 Å². The lowest BCUT2D eigenvalue weighted by Gasteiger charge is -2.26. The zero-order chi connectivity index (χ0) is 20.4. The zero-order valence-corrected chi connectivity index (χ0v) is 18.0. The summed E-state index contributed by atoms with van der Waals surface area (Å²) in [6.07, 6.45) is 5.11. The molecule has 1 aliphatic heterocycles. The summed E-state index contributed by atoms with van der Waals surface area (Å²) in [4.78, 5) is 18.9. The smallest absolute Gasteiger partial charge is 0.225 e. The minimum atomic E-state index is -0.305. The Morgan fingerprint density at radius 2 is 2.07 bits per heavy atom. The first-order chi connectivity index (χ1) is 14.0. The van der Waals surface area contributed by atoms with Crippen LogP contribution in [0.3, 0.4) is 0 Å². The van der Waals surface area contributed by atoms with Crippen LogP contribution in [0.2, 0.25) is 5.02 Å². The van der Waals surface area contributed by atoms with Crippen LogP contribution in [-0.2, 0) is 24.2 Å². The number of halogens is 2. The van der Waals surface area contributed by atoms with Crippen LogP contribution in [0.25, 0.3) is 0 Å². The van der Waals surface area contributed by atoms with Crippen LogP contribution < -0.4 is 5.32 Å². The molecule has 2 aliphatic rings. The number of hydrogen-bond donors (Lipinski definition) is 1. The summed E-state index contributed by atoms with van der Waals surface area (Å²) in [5.74, 6) is 3.00. The Morgan fingerprint density at radius 1 is 1.28 bits per heavy atom. The second kappa shape index (κ2) is 8.92. The lowest BCUT2D eigenvalue weighted by molar-refractivity contribution is -0.134. The maximum Gasteiger partial charge on any atom is 0.225 e. The summed E-state index contributed by atoms with van der Waals surface area (Å²) in [6, 6.07) is 7.54. The van der Waals surface area contributed by atoms with Crippen LogP contribution >= 0.6 is 23.4 Å². The molecule has 2 aromatic rings. The Kier molecular flexibility index (Phi) is 6.30. The van der Waals surface area contributed by atoms with Crippen molar-refractivity contribution in [2.45, 2.75) is 38.3 Å². The van der Waals surface area contributed by atoms with Gasteiger partial charge in [-0.3, -0.25) is 4.79 Å². The number of anilines is 1. The van der Waals surface area contributed by atoms with Gasteiger partial charge in [-0.15, -0.1) is 0 Å². The topological polar surface area (TPSA) is 45.2 Å². The van der Waals surface area contributed by atoms with Crippen molar-refractivity contribution in [3.05, 3.63) is 58.0 Å². The van der Waals surface area contributed by atoms with E-state index in [0.29, 0.717) is 18.5 Å². The van der Waals surface area contributed by atoms with Gasteiger partial charge in [-0.2, -0.15) is 11.8 Å². The third-order valence-electron chi connectivity index (χ3n) is 5.75. The van der Waals surface area contributed by atoms with Crippen molar-refractivity contribution in [2.24, 2.45) is 5.92 Å². The first-order valence-corrected chi connectivity index (χ1v) is 11.5. The summed E-state index contributed by atoms with van der Waals surface area (Å²) in [5.41, 5.74) is 2.71. The summed E-state index contributed by atoms with van der Waals surface area (Å²) in [5, 5.41) is 3.56. The highest BCUT2D eigenvalue weighted by molar-refractivity contribution is 7.99. The fourth-order valence-corrected chi connectivity index (χ4v) is 5.43. The van der Waals surface area contributed by atoms with E-state index < -0.39 is 0 Å². The van der Waals surface area contributed by atoms with Gasteiger partial charge in [0.15, 0.2) is 0 Å². The van der Waals surface area contributed by atoms with Gasteiger partial charge < -0.3 is 10.2 Å². The number of rotatable bonds is 5. The van der Waals surface area contributed by atoms with Crippen molar-refractivity contribution in [3.8, 4) is 0 Å². The van der Waals surface area contributed by atoms with E-state index in [2.05, 4.69) is 10.3 Å². The molecule has 1 amide bonds. The maximum absolute atomic E-state index is 14.2. The van der Waals surface area contributed by atoms with E-state index in [-0.39, 0.29) is 28.7 Å². The quantitative estimate of drug-likeness (QED) is 0.751. The van der Waals surface area contributed by atoms with E-state index in [1.807, 2.05) is 48.1 Å². The number of carbonyl (C=O) groups excluding carboxylic acids is 1. The molecule has 154 valence electrons. The van der Waals surface area contributed by atoms with Crippen molar-refractivity contribution in [3.63, 3.8) is 0 Å². The predicted molar refractivity (Wildman–Crippen MR) is 117 cm³/mol. The molecule has 1 aromatic heterocycles.